The number of allylic oxidation sites excluding steroid dienone is 6. The van der Waals surface area contributed by atoms with E-state index in [2.05, 4.69) is 50.3 Å². The van der Waals surface area contributed by atoms with Crippen LogP contribution in [0.25, 0.3) is 0 Å². The molecule has 2 atom stereocenters. The van der Waals surface area contributed by atoms with Gasteiger partial charge in [-0.15, -0.1) is 0 Å². The lowest BCUT2D eigenvalue weighted by atomic mass is 10.0. The van der Waals surface area contributed by atoms with E-state index in [1.54, 1.807) is 0 Å². The molecule has 0 aliphatic rings. The summed E-state index contributed by atoms with van der Waals surface area (Å²) < 4.78 is 34.5. The topological polar surface area (TPSA) is 108 Å². The van der Waals surface area contributed by atoms with E-state index in [4.69, 9.17) is 18.5 Å². The maximum absolute atomic E-state index is 12.8. The third kappa shape index (κ3) is 51.6. The van der Waals surface area contributed by atoms with Crippen molar-refractivity contribution in [1.29, 1.82) is 0 Å². The molecule has 66 heavy (non-hydrogen) atoms. The molecule has 0 amide bonds. The van der Waals surface area contributed by atoms with Gasteiger partial charge in [-0.1, -0.05) is 211 Å². The maximum Gasteiger partial charge on any atom is 0.472 e. The number of hydrogen-bond acceptors (Lipinski definition) is 7. The molecule has 2 unspecified atom stereocenters. The highest BCUT2D eigenvalue weighted by atomic mass is 31.2. The van der Waals surface area contributed by atoms with Crippen LogP contribution in [0.4, 0.5) is 0 Å². The summed E-state index contributed by atoms with van der Waals surface area (Å²) in [5.74, 6) is -0.798. The summed E-state index contributed by atoms with van der Waals surface area (Å²) in [5, 5.41) is 0. The summed E-state index contributed by atoms with van der Waals surface area (Å²) in [6.45, 7) is 4.43. The fraction of sp³-hybridized carbons (Fsp3) is 0.857. The van der Waals surface area contributed by atoms with Gasteiger partial charge in [0.2, 0.25) is 0 Å². The van der Waals surface area contributed by atoms with E-state index in [-0.39, 0.29) is 32.0 Å². The van der Waals surface area contributed by atoms with E-state index in [1.165, 1.54) is 167 Å². The second-order valence-electron chi connectivity index (χ2n) is 20.0. The zero-order chi connectivity index (χ0) is 48.5. The van der Waals surface area contributed by atoms with Crippen LogP contribution < -0.4 is 0 Å². The van der Waals surface area contributed by atoms with Gasteiger partial charge in [0.05, 0.1) is 27.7 Å². The van der Waals surface area contributed by atoms with Crippen LogP contribution in [-0.2, 0) is 32.7 Å². The normalized spacial score (nSPS) is 13.6. The fourth-order valence-corrected chi connectivity index (χ4v) is 8.55. The zero-order valence-corrected chi connectivity index (χ0v) is 44.8. The number of hydrogen-bond donors (Lipinski definition) is 1. The van der Waals surface area contributed by atoms with E-state index in [0.717, 1.165) is 57.8 Å². The molecular formula is C56H107NO8P+. The molecule has 0 rings (SSSR count). The van der Waals surface area contributed by atoms with Crippen molar-refractivity contribution in [3.63, 3.8) is 0 Å². The van der Waals surface area contributed by atoms with Crippen molar-refractivity contribution in [2.75, 3.05) is 47.5 Å². The van der Waals surface area contributed by atoms with E-state index in [1.807, 2.05) is 21.1 Å². The van der Waals surface area contributed by atoms with E-state index in [9.17, 15) is 19.0 Å². The van der Waals surface area contributed by atoms with Gasteiger partial charge in [-0.2, -0.15) is 0 Å². The van der Waals surface area contributed by atoms with E-state index in [0.29, 0.717) is 17.4 Å². The molecule has 0 aliphatic carbocycles. The standard InChI is InChI=1S/C56H106NO8P/c1-6-8-10-12-14-16-18-20-22-23-24-25-26-27-28-29-30-31-32-33-35-37-39-41-43-45-47-49-56(59)65-54(53-64-66(60,61)63-51-50-57(3,4)5)52-62-55(58)48-46-44-42-40-38-36-34-21-19-17-15-13-11-9-7-2/h18,20-21,23-24,34,54H,6-17,19,22,25-33,35-53H2,1-5H3/p+1/b20-18-,24-23-,34-21-. The van der Waals surface area contributed by atoms with Gasteiger partial charge in [0.25, 0.3) is 0 Å². The van der Waals surface area contributed by atoms with Crippen molar-refractivity contribution < 1.29 is 42.1 Å². The second kappa shape index (κ2) is 48.3. The quantitative estimate of drug-likeness (QED) is 0.0211. The molecule has 10 heteroatoms. The number of ether oxygens (including phenoxy) is 2. The third-order valence-corrected chi connectivity index (χ3v) is 13.1. The first-order chi connectivity index (χ1) is 32.0. The molecule has 0 spiro atoms. The minimum absolute atomic E-state index is 0.0315. The Morgan fingerprint density at radius 2 is 0.818 bits per heavy atom. The molecule has 9 nitrogen and oxygen atoms in total. The number of unbranched alkanes of at least 4 members (excludes halogenated alkanes) is 31. The predicted molar refractivity (Wildman–Crippen MR) is 280 cm³/mol. The van der Waals surface area contributed by atoms with Crippen molar-refractivity contribution in [3.05, 3.63) is 36.5 Å². The molecule has 0 aromatic rings. The summed E-state index contributed by atoms with van der Waals surface area (Å²) in [4.78, 5) is 35.6. The van der Waals surface area contributed by atoms with Gasteiger partial charge in [-0.05, 0) is 70.6 Å². The Morgan fingerprint density at radius 3 is 1.21 bits per heavy atom. The van der Waals surface area contributed by atoms with Crippen LogP contribution in [0.2, 0.25) is 0 Å². The Labute approximate surface area is 408 Å². The average molecular weight is 953 g/mol. The van der Waals surface area contributed by atoms with Crippen LogP contribution in [0.3, 0.4) is 0 Å². The zero-order valence-electron chi connectivity index (χ0n) is 43.9. The molecule has 0 heterocycles. The summed E-state index contributed by atoms with van der Waals surface area (Å²) in [5.41, 5.74) is 0. The minimum atomic E-state index is -4.38. The molecule has 0 aliphatic heterocycles. The van der Waals surface area contributed by atoms with Gasteiger partial charge in [0.1, 0.15) is 19.8 Å². The van der Waals surface area contributed by atoms with Crippen molar-refractivity contribution in [2.45, 2.75) is 264 Å². The fourth-order valence-electron chi connectivity index (χ4n) is 7.81. The number of phosphoric ester groups is 1. The first kappa shape index (κ1) is 64.2. The molecule has 388 valence electrons. The van der Waals surface area contributed by atoms with Crippen molar-refractivity contribution in [1.82, 2.24) is 0 Å². The van der Waals surface area contributed by atoms with E-state index >= 15 is 0 Å². The number of carbonyl (C=O) groups excluding carboxylic acids is 2. The van der Waals surface area contributed by atoms with Gasteiger partial charge in [-0.25, -0.2) is 4.57 Å². The largest absolute Gasteiger partial charge is 0.472 e. The third-order valence-electron chi connectivity index (χ3n) is 12.1. The molecule has 0 bridgehead atoms. The molecule has 0 aromatic carbocycles. The van der Waals surface area contributed by atoms with Gasteiger partial charge in [-0.3, -0.25) is 18.6 Å². The highest BCUT2D eigenvalue weighted by molar-refractivity contribution is 7.47. The molecule has 0 saturated carbocycles. The molecular weight excluding hydrogens is 846 g/mol. The summed E-state index contributed by atoms with van der Waals surface area (Å²) in [6.07, 6.45) is 57.8. The predicted octanol–water partition coefficient (Wildman–Crippen LogP) is 16.8. The number of nitrogens with zero attached hydrogens (tertiary/aromatic N) is 1. The van der Waals surface area contributed by atoms with Crippen LogP contribution in [0.5, 0.6) is 0 Å². The van der Waals surface area contributed by atoms with E-state index < -0.39 is 26.5 Å². The number of esters is 2. The number of rotatable bonds is 51. The van der Waals surface area contributed by atoms with Crippen molar-refractivity contribution in [3.8, 4) is 0 Å². The number of carbonyl (C=O) groups is 2. The Hall–Kier alpha value is -1.77. The molecule has 0 radical (unpaired) electrons. The smallest absolute Gasteiger partial charge is 0.462 e. The highest BCUT2D eigenvalue weighted by Crippen LogP contribution is 2.43. The molecule has 1 N–H and O–H groups in total. The highest BCUT2D eigenvalue weighted by Gasteiger charge is 2.27. The van der Waals surface area contributed by atoms with Crippen molar-refractivity contribution in [2.24, 2.45) is 0 Å². The van der Waals surface area contributed by atoms with Gasteiger partial charge < -0.3 is 18.9 Å². The molecule has 0 aromatic heterocycles. The summed E-state index contributed by atoms with van der Waals surface area (Å²) >= 11 is 0. The lowest BCUT2D eigenvalue weighted by Crippen LogP contribution is -2.37. The Kier molecular flexibility index (Phi) is 47.0. The first-order valence-electron chi connectivity index (χ1n) is 27.7. The van der Waals surface area contributed by atoms with Crippen LogP contribution >= 0.6 is 7.82 Å². The Balaban J connectivity index is 4.13. The Bertz CT molecular complexity index is 1210. The van der Waals surface area contributed by atoms with Crippen LogP contribution in [-0.4, -0.2) is 74.9 Å². The summed E-state index contributed by atoms with van der Waals surface area (Å²) in [6, 6.07) is 0. The van der Waals surface area contributed by atoms with Gasteiger partial charge >= 0.3 is 19.8 Å². The average Bonchev–Trinajstić information content (AvgIpc) is 3.27. The SMILES string of the molecule is CCCCCCC/C=C\C/C=C\CCCCCCCCCCCCCCCCCC(=O)OC(COC(=O)CCCCCCC/C=C\CCCCCCCC)COP(=O)(O)OCC[N+](C)(C)C. The van der Waals surface area contributed by atoms with Crippen molar-refractivity contribution >= 4 is 19.8 Å². The lowest BCUT2D eigenvalue weighted by molar-refractivity contribution is -0.870. The van der Waals surface area contributed by atoms with Crippen LogP contribution in [0, 0.1) is 0 Å². The number of likely N-dealkylation sites (N-methyl/N-ethyl adjacent to an activating group) is 1. The number of quaternary nitrogens is 1. The molecule has 0 saturated heterocycles. The first-order valence-corrected chi connectivity index (χ1v) is 29.2. The minimum Gasteiger partial charge on any atom is -0.462 e. The van der Waals surface area contributed by atoms with Crippen LogP contribution in [0.1, 0.15) is 258 Å². The lowest BCUT2D eigenvalue weighted by Gasteiger charge is -2.24. The van der Waals surface area contributed by atoms with Gasteiger partial charge in [0.15, 0.2) is 6.10 Å². The summed E-state index contributed by atoms with van der Waals surface area (Å²) in [7, 11) is 1.48. The Morgan fingerprint density at radius 1 is 0.470 bits per heavy atom. The second-order valence-corrected chi connectivity index (χ2v) is 21.4. The van der Waals surface area contributed by atoms with Crippen LogP contribution in [0.15, 0.2) is 36.5 Å². The molecule has 0 fully saturated rings. The number of phosphoric acid groups is 1. The monoisotopic (exact) mass is 953 g/mol. The maximum atomic E-state index is 12.8. The van der Waals surface area contributed by atoms with Gasteiger partial charge in [0, 0.05) is 12.8 Å².